The van der Waals surface area contributed by atoms with Crippen molar-refractivity contribution in [2.75, 3.05) is 0 Å². The third-order valence-electron chi connectivity index (χ3n) is 3.20. The maximum atomic E-state index is 9.35. The van der Waals surface area contributed by atoms with Crippen molar-refractivity contribution in [2.24, 2.45) is 0 Å². The Morgan fingerprint density at radius 2 is 1.83 bits per heavy atom. The van der Waals surface area contributed by atoms with Gasteiger partial charge in [0.2, 0.25) is 0 Å². The molecule has 0 bridgehead atoms. The number of ether oxygens (including phenoxy) is 1. The summed E-state index contributed by atoms with van der Waals surface area (Å²) in [6, 6.07) is 18.7. The molecule has 3 rings (SSSR count). The van der Waals surface area contributed by atoms with Crippen molar-refractivity contribution in [3.8, 4) is 17.6 Å². The monoisotopic (exact) mass is 371 g/mol. The van der Waals surface area contributed by atoms with Gasteiger partial charge in [0.1, 0.15) is 17.6 Å². The van der Waals surface area contributed by atoms with E-state index in [1.807, 2.05) is 47.9 Å². The zero-order chi connectivity index (χ0) is 16.9. The van der Waals surface area contributed by atoms with Gasteiger partial charge in [-0.25, -0.2) is 0 Å². The van der Waals surface area contributed by atoms with Crippen LogP contribution in [0.3, 0.4) is 0 Å². The lowest BCUT2D eigenvalue weighted by Crippen LogP contribution is -1.85. The first-order chi connectivity index (χ1) is 11.7. The fraction of sp³-hybridized carbons (Fsp3) is 0. The van der Waals surface area contributed by atoms with E-state index >= 15 is 0 Å². The second kappa shape index (κ2) is 7.55. The number of thiophene rings is 1. The fourth-order valence-electron chi connectivity index (χ4n) is 2.10. The third-order valence-corrected chi connectivity index (χ3v) is 4.85. The van der Waals surface area contributed by atoms with Crippen molar-refractivity contribution < 1.29 is 4.74 Å². The van der Waals surface area contributed by atoms with E-state index in [1.54, 1.807) is 18.2 Å². The predicted octanol–water partition coefficient (Wildman–Crippen LogP) is 6.91. The lowest BCUT2D eigenvalue weighted by Gasteiger charge is -2.07. The minimum Gasteiger partial charge on any atom is -0.457 e. The summed E-state index contributed by atoms with van der Waals surface area (Å²) in [6.45, 7) is 0. The van der Waals surface area contributed by atoms with Gasteiger partial charge in [-0.15, -0.1) is 11.3 Å². The first-order valence-electron chi connectivity index (χ1n) is 7.04. The first kappa shape index (κ1) is 16.6. The summed E-state index contributed by atoms with van der Waals surface area (Å²) in [5.41, 5.74) is 1.51. The Morgan fingerprint density at radius 3 is 2.54 bits per heavy atom. The lowest BCUT2D eigenvalue weighted by molar-refractivity contribution is 0.482. The normalized spacial score (nSPS) is 11.1. The van der Waals surface area contributed by atoms with Gasteiger partial charge in [0.25, 0.3) is 0 Å². The topological polar surface area (TPSA) is 33.0 Å². The van der Waals surface area contributed by atoms with E-state index in [0.29, 0.717) is 27.1 Å². The Kier molecular flexibility index (Phi) is 5.22. The average Bonchev–Trinajstić information content (AvgIpc) is 3.11. The molecule has 0 saturated heterocycles. The van der Waals surface area contributed by atoms with Gasteiger partial charge < -0.3 is 4.74 Å². The van der Waals surface area contributed by atoms with Gasteiger partial charge in [-0.1, -0.05) is 41.4 Å². The largest absolute Gasteiger partial charge is 0.457 e. The molecule has 0 atom stereocenters. The van der Waals surface area contributed by atoms with Crippen LogP contribution in [-0.2, 0) is 0 Å². The summed E-state index contributed by atoms with van der Waals surface area (Å²) in [7, 11) is 0. The predicted molar refractivity (Wildman–Crippen MR) is 101 cm³/mol. The summed E-state index contributed by atoms with van der Waals surface area (Å²) in [5.74, 6) is 1.26. The van der Waals surface area contributed by atoms with Crippen molar-refractivity contribution in [1.29, 1.82) is 5.26 Å². The summed E-state index contributed by atoms with van der Waals surface area (Å²) in [4.78, 5) is 0.938. The van der Waals surface area contributed by atoms with Crippen molar-refractivity contribution in [3.63, 3.8) is 0 Å². The van der Waals surface area contributed by atoms with Gasteiger partial charge >= 0.3 is 0 Å². The van der Waals surface area contributed by atoms with Gasteiger partial charge in [-0.2, -0.15) is 5.26 Å². The van der Waals surface area contributed by atoms with Crippen LogP contribution < -0.4 is 4.74 Å². The average molecular weight is 372 g/mol. The Hall–Kier alpha value is -2.25. The van der Waals surface area contributed by atoms with Crippen LogP contribution in [0.15, 0.2) is 60.0 Å². The molecule has 5 heteroatoms. The van der Waals surface area contributed by atoms with Crippen molar-refractivity contribution in [2.45, 2.75) is 0 Å². The smallest absolute Gasteiger partial charge is 0.129 e. The highest BCUT2D eigenvalue weighted by Crippen LogP contribution is 2.30. The Bertz CT molecular complexity index is 927. The molecular formula is C19H11Cl2NOS. The zero-order valence-electron chi connectivity index (χ0n) is 12.4. The van der Waals surface area contributed by atoms with Crippen molar-refractivity contribution in [3.05, 3.63) is 80.5 Å². The number of nitrogens with zero attached hydrogens (tertiary/aromatic N) is 1. The summed E-state index contributed by atoms with van der Waals surface area (Å²) in [6.07, 6.45) is 1.84. The van der Waals surface area contributed by atoms with Crippen LogP contribution in [0.25, 0.3) is 11.6 Å². The Balaban J connectivity index is 1.86. The molecule has 1 heterocycles. The number of hydrogen-bond acceptors (Lipinski definition) is 3. The minimum atomic E-state index is 0.440. The van der Waals surface area contributed by atoms with E-state index in [9.17, 15) is 5.26 Å². The molecule has 0 aliphatic heterocycles. The van der Waals surface area contributed by atoms with Crippen LogP contribution in [0.2, 0.25) is 10.0 Å². The SMILES string of the molecule is N#C/C(=C\c1cccc(Oc2ccc(Cl)c(Cl)c2)c1)c1cccs1. The molecule has 0 saturated carbocycles. The van der Waals surface area contributed by atoms with Crippen LogP contribution in [0, 0.1) is 11.3 Å². The first-order valence-corrected chi connectivity index (χ1v) is 8.68. The van der Waals surface area contributed by atoms with Crippen LogP contribution >= 0.6 is 34.5 Å². The van der Waals surface area contributed by atoms with Gasteiger partial charge in [-0.3, -0.25) is 0 Å². The number of halogens is 2. The van der Waals surface area contributed by atoms with Crippen LogP contribution in [0.1, 0.15) is 10.4 Å². The molecule has 24 heavy (non-hydrogen) atoms. The highest BCUT2D eigenvalue weighted by Gasteiger charge is 2.05. The maximum absolute atomic E-state index is 9.35. The molecule has 3 aromatic rings. The lowest BCUT2D eigenvalue weighted by atomic mass is 10.1. The van der Waals surface area contributed by atoms with E-state index in [0.717, 1.165) is 10.4 Å². The Morgan fingerprint density at radius 1 is 1.00 bits per heavy atom. The van der Waals surface area contributed by atoms with E-state index in [2.05, 4.69) is 6.07 Å². The molecule has 0 N–H and O–H groups in total. The molecule has 1 aromatic heterocycles. The molecule has 2 aromatic carbocycles. The summed E-state index contributed by atoms with van der Waals surface area (Å²) >= 11 is 13.4. The molecule has 0 amide bonds. The quantitative estimate of drug-likeness (QED) is 0.466. The highest BCUT2D eigenvalue weighted by molar-refractivity contribution is 7.11. The second-order valence-corrected chi connectivity index (χ2v) is 6.66. The van der Waals surface area contributed by atoms with Gasteiger partial charge in [-0.05, 0) is 47.4 Å². The summed E-state index contributed by atoms with van der Waals surface area (Å²) in [5, 5.41) is 12.2. The standard InChI is InChI=1S/C19H11Cl2NOS/c20-17-7-6-16(11-18(17)21)23-15-4-1-3-13(10-15)9-14(12-22)19-5-2-8-24-19/h1-11H/b14-9+. The molecule has 0 aliphatic carbocycles. The van der Waals surface area contributed by atoms with Crippen LogP contribution in [0.5, 0.6) is 11.5 Å². The highest BCUT2D eigenvalue weighted by atomic mass is 35.5. The number of rotatable bonds is 4. The molecule has 0 radical (unpaired) electrons. The second-order valence-electron chi connectivity index (χ2n) is 4.90. The van der Waals surface area contributed by atoms with Gasteiger partial charge in [0.15, 0.2) is 0 Å². The summed E-state index contributed by atoms with van der Waals surface area (Å²) < 4.78 is 5.81. The number of hydrogen-bond donors (Lipinski definition) is 0. The molecule has 0 aliphatic rings. The molecular weight excluding hydrogens is 361 g/mol. The molecule has 0 fully saturated rings. The molecule has 2 nitrogen and oxygen atoms in total. The van der Waals surface area contributed by atoms with E-state index in [-0.39, 0.29) is 0 Å². The fourth-order valence-corrected chi connectivity index (χ4v) is 3.08. The minimum absolute atomic E-state index is 0.440. The molecule has 0 unspecified atom stereocenters. The van der Waals surface area contributed by atoms with Crippen LogP contribution in [0.4, 0.5) is 0 Å². The van der Waals surface area contributed by atoms with Crippen molar-refractivity contribution in [1.82, 2.24) is 0 Å². The van der Waals surface area contributed by atoms with Gasteiger partial charge in [0, 0.05) is 10.9 Å². The number of allylic oxidation sites excluding steroid dienone is 1. The maximum Gasteiger partial charge on any atom is 0.129 e. The number of benzene rings is 2. The van der Waals surface area contributed by atoms with E-state index in [1.165, 1.54) is 11.3 Å². The van der Waals surface area contributed by atoms with Crippen molar-refractivity contribution >= 4 is 46.2 Å². The zero-order valence-corrected chi connectivity index (χ0v) is 14.7. The van der Waals surface area contributed by atoms with E-state index in [4.69, 9.17) is 27.9 Å². The number of nitriles is 1. The third kappa shape index (κ3) is 3.98. The van der Waals surface area contributed by atoms with Gasteiger partial charge in [0.05, 0.1) is 15.6 Å². The van der Waals surface area contributed by atoms with E-state index < -0.39 is 0 Å². The Labute approximate surface area is 154 Å². The molecule has 118 valence electrons. The van der Waals surface area contributed by atoms with Crippen LogP contribution in [-0.4, -0.2) is 0 Å². The molecule has 0 spiro atoms.